The fourth-order valence-corrected chi connectivity index (χ4v) is 4.29. The molecule has 0 amide bonds. The maximum absolute atomic E-state index is 11.5. The van der Waals surface area contributed by atoms with Crippen LogP contribution in [0.5, 0.6) is 0 Å². The third-order valence-corrected chi connectivity index (χ3v) is 5.90. The topological polar surface area (TPSA) is 49.4 Å². The predicted octanol–water partition coefficient (Wildman–Crippen LogP) is 1.81. The minimum Gasteiger partial charge on any atom is -0.309 e. The molecule has 1 heterocycles. The summed E-state index contributed by atoms with van der Waals surface area (Å²) in [5.41, 5.74) is 1.53. The van der Waals surface area contributed by atoms with Crippen molar-refractivity contribution in [2.45, 2.75) is 42.7 Å². The third kappa shape index (κ3) is 3.47. The number of rotatable bonds is 3. The molecular formula is C16H24N2O2S. The van der Waals surface area contributed by atoms with E-state index in [1.807, 2.05) is 12.1 Å². The van der Waals surface area contributed by atoms with Crippen LogP contribution in [0, 0.1) is 0 Å². The molecule has 1 spiro atoms. The molecule has 1 aliphatic heterocycles. The second kappa shape index (κ2) is 5.71. The van der Waals surface area contributed by atoms with Gasteiger partial charge in [0.2, 0.25) is 0 Å². The molecule has 2 aliphatic rings. The van der Waals surface area contributed by atoms with Crippen LogP contribution in [0.1, 0.15) is 31.2 Å². The van der Waals surface area contributed by atoms with Gasteiger partial charge in [0.25, 0.3) is 0 Å². The van der Waals surface area contributed by atoms with Gasteiger partial charge in [0.15, 0.2) is 9.84 Å². The van der Waals surface area contributed by atoms with Crippen LogP contribution in [0.25, 0.3) is 0 Å². The molecule has 1 aromatic rings. The van der Waals surface area contributed by atoms with Crippen molar-refractivity contribution in [3.05, 3.63) is 29.8 Å². The Balaban J connectivity index is 1.66. The van der Waals surface area contributed by atoms with Crippen molar-refractivity contribution >= 4 is 9.84 Å². The summed E-state index contributed by atoms with van der Waals surface area (Å²) in [6, 6.07) is 7.33. The molecule has 1 aromatic carbocycles. The molecule has 1 aliphatic carbocycles. The summed E-state index contributed by atoms with van der Waals surface area (Å²) in [5.74, 6) is 0. The molecule has 0 unspecified atom stereocenters. The van der Waals surface area contributed by atoms with Crippen molar-refractivity contribution in [1.29, 1.82) is 0 Å². The van der Waals surface area contributed by atoms with E-state index in [1.54, 1.807) is 12.1 Å². The first-order valence-electron chi connectivity index (χ1n) is 7.73. The third-order valence-electron chi connectivity index (χ3n) is 4.77. The Morgan fingerprint density at radius 1 is 1.19 bits per heavy atom. The van der Waals surface area contributed by atoms with Crippen LogP contribution in [-0.4, -0.2) is 44.7 Å². The molecule has 2 fully saturated rings. The molecule has 5 heteroatoms. The molecule has 0 radical (unpaired) electrons. The fraction of sp³-hybridized carbons (Fsp3) is 0.625. The van der Waals surface area contributed by atoms with E-state index in [2.05, 4.69) is 10.2 Å². The van der Waals surface area contributed by atoms with Crippen LogP contribution in [0.2, 0.25) is 0 Å². The van der Waals surface area contributed by atoms with Gasteiger partial charge in [-0.25, -0.2) is 8.42 Å². The monoisotopic (exact) mass is 308 g/mol. The lowest BCUT2D eigenvalue weighted by Gasteiger charge is -2.41. The van der Waals surface area contributed by atoms with Gasteiger partial charge in [0.05, 0.1) is 4.90 Å². The second-order valence-corrected chi connectivity index (χ2v) is 8.56. The van der Waals surface area contributed by atoms with E-state index in [0.29, 0.717) is 10.4 Å². The number of nitrogens with one attached hydrogen (secondary N) is 1. The van der Waals surface area contributed by atoms with Gasteiger partial charge in [0.1, 0.15) is 0 Å². The van der Waals surface area contributed by atoms with Crippen LogP contribution < -0.4 is 5.32 Å². The zero-order valence-corrected chi connectivity index (χ0v) is 13.5. The van der Waals surface area contributed by atoms with E-state index in [9.17, 15) is 8.42 Å². The van der Waals surface area contributed by atoms with Crippen LogP contribution in [-0.2, 0) is 16.4 Å². The quantitative estimate of drug-likeness (QED) is 0.925. The highest BCUT2D eigenvalue weighted by Crippen LogP contribution is 2.32. The molecule has 1 N–H and O–H groups in total. The molecule has 0 bridgehead atoms. The SMILES string of the molecule is CS(=O)(=O)c1ccc(CN2CCNC3(CCCC3)C2)cc1. The Bertz CT molecular complexity index is 589. The normalized spacial score (nSPS) is 22.7. The highest BCUT2D eigenvalue weighted by Gasteiger charge is 2.37. The zero-order valence-electron chi connectivity index (χ0n) is 12.6. The van der Waals surface area contributed by atoms with E-state index >= 15 is 0 Å². The first-order chi connectivity index (χ1) is 9.97. The van der Waals surface area contributed by atoms with Crippen molar-refractivity contribution in [3.8, 4) is 0 Å². The Hall–Kier alpha value is -0.910. The molecule has 1 saturated carbocycles. The van der Waals surface area contributed by atoms with Crippen molar-refractivity contribution in [1.82, 2.24) is 10.2 Å². The fourth-order valence-electron chi connectivity index (χ4n) is 3.66. The van der Waals surface area contributed by atoms with Gasteiger partial charge >= 0.3 is 0 Å². The van der Waals surface area contributed by atoms with Crippen molar-refractivity contribution < 1.29 is 8.42 Å². The summed E-state index contributed by atoms with van der Waals surface area (Å²) in [7, 11) is -3.09. The van der Waals surface area contributed by atoms with Gasteiger partial charge in [-0.15, -0.1) is 0 Å². The average molecular weight is 308 g/mol. The summed E-state index contributed by atoms with van der Waals surface area (Å²) in [4.78, 5) is 2.90. The molecule has 1 saturated heterocycles. The van der Waals surface area contributed by atoms with Gasteiger partial charge in [-0.05, 0) is 30.5 Å². The van der Waals surface area contributed by atoms with E-state index in [4.69, 9.17) is 0 Å². The van der Waals surface area contributed by atoms with Gasteiger partial charge in [-0.3, -0.25) is 4.90 Å². The summed E-state index contributed by atoms with van der Waals surface area (Å²) < 4.78 is 23.0. The molecule has 0 aromatic heterocycles. The van der Waals surface area contributed by atoms with Gasteiger partial charge in [-0.2, -0.15) is 0 Å². The largest absolute Gasteiger partial charge is 0.309 e. The van der Waals surface area contributed by atoms with E-state index in [1.165, 1.54) is 37.5 Å². The van der Waals surface area contributed by atoms with E-state index in [0.717, 1.165) is 26.2 Å². The van der Waals surface area contributed by atoms with Crippen LogP contribution in [0.4, 0.5) is 0 Å². The first kappa shape index (κ1) is 15.0. The maximum atomic E-state index is 11.5. The van der Waals surface area contributed by atoms with Crippen LogP contribution in [0.15, 0.2) is 29.2 Å². The number of piperazine rings is 1. The van der Waals surface area contributed by atoms with Crippen molar-refractivity contribution in [2.75, 3.05) is 25.9 Å². The molecule has 3 rings (SSSR count). The lowest BCUT2D eigenvalue weighted by Crippen LogP contribution is -2.58. The average Bonchev–Trinajstić information content (AvgIpc) is 2.86. The molecular weight excluding hydrogens is 284 g/mol. The summed E-state index contributed by atoms with van der Waals surface area (Å²) >= 11 is 0. The number of benzene rings is 1. The molecule has 0 atom stereocenters. The standard InChI is InChI=1S/C16H24N2O2S/c1-21(19,20)15-6-4-14(5-7-15)12-18-11-10-17-16(13-18)8-2-3-9-16/h4-7,17H,2-3,8-13H2,1H3. The minimum absolute atomic E-state index is 0.338. The Morgan fingerprint density at radius 2 is 1.86 bits per heavy atom. The summed E-state index contributed by atoms with van der Waals surface area (Å²) in [6.45, 7) is 4.14. The van der Waals surface area contributed by atoms with Crippen LogP contribution in [0.3, 0.4) is 0 Å². The van der Waals surface area contributed by atoms with E-state index in [-0.39, 0.29) is 0 Å². The first-order valence-corrected chi connectivity index (χ1v) is 9.62. The Kier molecular flexibility index (Phi) is 4.08. The summed E-state index contributed by atoms with van der Waals surface area (Å²) in [6.07, 6.45) is 6.50. The summed E-state index contributed by atoms with van der Waals surface area (Å²) in [5, 5.41) is 3.72. The number of hydrogen-bond acceptors (Lipinski definition) is 4. The highest BCUT2D eigenvalue weighted by molar-refractivity contribution is 7.90. The maximum Gasteiger partial charge on any atom is 0.175 e. The molecule has 4 nitrogen and oxygen atoms in total. The van der Waals surface area contributed by atoms with Crippen molar-refractivity contribution in [3.63, 3.8) is 0 Å². The minimum atomic E-state index is -3.09. The predicted molar refractivity (Wildman–Crippen MR) is 84.0 cm³/mol. The van der Waals surface area contributed by atoms with Crippen molar-refractivity contribution in [2.24, 2.45) is 0 Å². The Labute approximate surface area is 127 Å². The number of hydrogen-bond donors (Lipinski definition) is 1. The molecule has 116 valence electrons. The van der Waals surface area contributed by atoms with Gasteiger partial charge in [0, 0.05) is 38.0 Å². The number of nitrogens with zero attached hydrogens (tertiary/aromatic N) is 1. The zero-order chi connectivity index (χ0) is 14.9. The number of sulfone groups is 1. The Morgan fingerprint density at radius 3 is 2.48 bits per heavy atom. The highest BCUT2D eigenvalue weighted by atomic mass is 32.2. The van der Waals surface area contributed by atoms with Gasteiger partial charge in [-0.1, -0.05) is 25.0 Å². The smallest absolute Gasteiger partial charge is 0.175 e. The van der Waals surface area contributed by atoms with E-state index < -0.39 is 9.84 Å². The van der Waals surface area contributed by atoms with Gasteiger partial charge < -0.3 is 5.32 Å². The molecule has 21 heavy (non-hydrogen) atoms. The lowest BCUT2D eigenvalue weighted by molar-refractivity contribution is 0.129. The van der Waals surface area contributed by atoms with Crippen LogP contribution >= 0.6 is 0 Å². The second-order valence-electron chi connectivity index (χ2n) is 6.54. The lowest BCUT2D eigenvalue weighted by atomic mass is 9.94.